The molecule has 5 heterocycles. The lowest BCUT2D eigenvalue weighted by molar-refractivity contribution is -0.132. The second-order valence-corrected chi connectivity index (χ2v) is 10.7. The van der Waals surface area contributed by atoms with E-state index in [4.69, 9.17) is 4.99 Å². The zero-order valence-electron chi connectivity index (χ0n) is 21.4. The fourth-order valence-electron chi connectivity index (χ4n) is 6.19. The van der Waals surface area contributed by atoms with Crippen molar-refractivity contribution in [3.8, 4) is 0 Å². The fraction of sp³-hybridized carbons (Fsp3) is 0.433. The summed E-state index contributed by atoms with van der Waals surface area (Å²) < 4.78 is 2.04. The van der Waals surface area contributed by atoms with Crippen molar-refractivity contribution in [3.05, 3.63) is 82.3 Å². The molecule has 6 heteroatoms. The van der Waals surface area contributed by atoms with Gasteiger partial charge in [-0.2, -0.15) is 0 Å². The van der Waals surface area contributed by atoms with Gasteiger partial charge in [-0.1, -0.05) is 18.2 Å². The van der Waals surface area contributed by atoms with E-state index in [2.05, 4.69) is 59.1 Å². The van der Waals surface area contributed by atoms with Crippen LogP contribution >= 0.6 is 0 Å². The van der Waals surface area contributed by atoms with Crippen molar-refractivity contribution in [2.45, 2.75) is 46.1 Å². The van der Waals surface area contributed by atoms with Crippen molar-refractivity contribution in [2.75, 3.05) is 32.7 Å². The maximum absolute atomic E-state index is 13.4. The summed E-state index contributed by atoms with van der Waals surface area (Å²) in [5.41, 5.74) is 9.93. The number of aliphatic imine (C=N–C) groups is 1. The van der Waals surface area contributed by atoms with Crippen LogP contribution < -0.4 is 0 Å². The van der Waals surface area contributed by atoms with Gasteiger partial charge in [0.1, 0.15) is 5.65 Å². The Morgan fingerprint density at radius 1 is 1.11 bits per heavy atom. The van der Waals surface area contributed by atoms with E-state index in [0.717, 1.165) is 62.5 Å². The third kappa shape index (κ3) is 4.50. The van der Waals surface area contributed by atoms with Crippen molar-refractivity contribution < 1.29 is 4.79 Å². The predicted molar refractivity (Wildman–Crippen MR) is 143 cm³/mol. The first kappa shape index (κ1) is 23.2. The molecule has 0 radical (unpaired) electrons. The molecule has 36 heavy (non-hydrogen) atoms. The molecule has 6 nitrogen and oxygen atoms in total. The number of fused-ring (bicyclic) bond motifs is 1. The summed E-state index contributed by atoms with van der Waals surface area (Å²) in [5.74, 6) is 0.739. The van der Waals surface area contributed by atoms with E-state index in [-0.39, 0.29) is 0 Å². The van der Waals surface area contributed by atoms with Gasteiger partial charge in [0.05, 0.1) is 12.3 Å². The number of aromatic nitrogens is 2. The highest BCUT2D eigenvalue weighted by atomic mass is 16.2. The number of carbonyl (C=O) groups is 1. The summed E-state index contributed by atoms with van der Waals surface area (Å²) in [6.07, 6.45) is 9.79. The molecule has 0 aliphatic carbocycles. The molecule has 1 fully saturated rings. The molecular formula is C30H35N5O. The van der Waals surface area contributed by atoms with E-state index in [1.54, 1.807) is 0 Å². The predicted octanol–water partition coefficient (Wildman–Crippen LogP) is 4.59. The topological polar surface area (TPSA) is 53.2 Å². The Labute approximate surface area is 213 Å². The number of hydrogen-bond donors (Lipinski definition) is 0. The summed E-state index contributed by atoms with van der Waals surface area (Å²) in [6.45, 7) is 9.82. The third-order valence-electron chi connectivity index (χ3n) is 8.28. The van der Waals surface area contributed by atoms with Gasteiger partial charge < -0.3 is 9.30 Å². The first-order valence-electron chi connectivity index (χ1n) is 13.3. The number of pyridine rings is 1. The van der Waals surface area contributed by atoms with E-state index in [0.29, 0.717) is 24.8 Å². The van der Waals surface area contributed by atoms with Crippen molar-refractivity contribution in [1.29, 1.82) is 0 Å². The minimum Gasteiger partial charge on any atom is -0.338 e. The van der Waals surface area contributed by atoms with Gasteiger partial charge in [-0.3, -0.25) is 14.7 Å². The molecule has 0 bridgehead atoms. The van der Waals surface area contributed by atoms with E-state index < -0.39 is 0 Å². The number of carbonyl (C=O) groups excluding carboxylic acids is 1. The number of hydrogen-bond acceptors (Lipinski definition) is 4. The molecule has 0 saturated carbocycles. The maximum atomic E-state index is 13.4. The van der Waals surface area contributed by atoms with Crippen LogP contribution in [0.4, 0.5) is 0 Å². The lowest BCUT2D eigenvalue weighted by atomic mass is 9.91. The number of amides is 1. The van der Waals surface area contributed by atoms with Crippen LogP contribution in [0.1, 0.15) is 47.9 Å². The quantitative estimate of drug-likeness (QED) is 0.536. The molecule has 1 amide bonds. The number of aryl methyl sites for hydroxylation is 2. The number of likely N-dealkylation sites (tertiary alicyclic amines) is 1. The zero-order chi connectivity index (χ0) is 24.6. The highest BCUT2D eigenvalue weighted by molar-refractivity contribution is 6.15. The number of rotatable bonds is 5. The van der Waals surface area contributed by atoms with Crippen molar-refractivity contribution in [3.63, 3.8) is 0 Å². The zero-order valence-corrected chi connectivity index (χ0v) is 21.4. The minimum atomic E-state index is 0.303. The van der Waals surface area contributed by atoms with E-state index in [1.165, 1.54) is 34.3 Å². The third-order valence-corrected chi connectivity index (χ3v) is 8.28. The Hall–Kier alpha value is -3.25. The Kier molecular flexibility index (Phi) is 6.22. The largest absolute Gasteiger partial charge is 0.338 e. The monoisotopic (exact) mass is 481 g/mol. The summed E-state index contributed by atoms with van der Waals surface area (Å²) in [5, 5.41) is 0. The first-order valence-corrected chi connectivity index (χ1v) is 13.3. The molecule has 3 aliphatic heterocycles. The Bertz CT molecular complexity index is 1350. The van der Waals surface area contributed by atoms with Crippen LogP contribution in [0.25, 0.3) is 5.65 Å². The fourth-order valence-corrected chi connectivity index (χ4v) is 6.19. The molecule has 186 valence electrons. The van der Waals surface area contributed by atoms with Gasteiger partial charge in [0.25, 0.3) is 0 Å². The van der Waals surface area contributed by atoms with Gasteiger partial charge in [0.15, 0.2) is 0 Å². The lowest BCUT2D eigenvalue weighted by Crippen LogP contribution is -2.41. The van der Waals surface area contributed by atoms with Gasteiger partial charge in [-0.05, 0) is 85.5 Å². The average molecular weight is 482 g/mol. The second-order valence-electron chi connectivity index (χ2n) is 10.7. The first-order chi connectivity index (χ1) is 17.5. The lowest BCUT2D eigenvalue weighted by Gasteiger charge is -2.35. The van der Waals surface area contributed by atoms with Crippen LogP contribution in [-0.4, -0.2) is 63.5 Å². The highest BCUT2D eigenvalue weighted by Crippen LogP contribution is 2.30. The van der Waals surface area contributed by atoms with E-state index in [1.807, 2.05) is 22.9 Å². The summed E-state index contributed by atoms with van der Waals surface area (Å²) in [6, 6.07) is 10.7. The number of piperidine rings is 1. The molecule has 0 unspecified atom stereocenters. The van der Waals surface area contributed by atoms with Gasteiger partial charge in [0.2, 0.25) is 5.91 Å². The van der Waals surface area contributed by atoms with E-state index >= 15 is 0 Å². The van der Waals surface area contributed by atoms with Crippen molar-refractivity contribution in [2.24, 2.45) is 10.9 Å². The smallest absolute Gasteiger partial charge is 0.223 e. The molecule has 6 rings (SSSR count). The maximum Gasteiger partial charge on any atom is 0.223 e. The summed E-state index contributed by atoms with van der Waals surface area (Å²) in [4.78, 5) is 27.3. The number of nitrogens with zero attached hydrogens (tertiary/aromatic N) is 5. The van der Waals surface area contributed by atoms with Gasteiger partial charge in [-0.25, -0.2) is 4.98 Å². The van der Waals surface area contributed by atoms with Crippen LogP contribution in [0.3, 0.4) is 0 Å². The van der Waals surface area contributed by atoms with Crippen LogP contribution in [0.2, 0.25) is 0 Å². The summed E-state index contributed by atoms with van der Waals surface area (Å²) in [7, 11) is 0. The molecule has 2 aromatic heterocycles. The molecular weight excluding hydrogens is 446 g/mol. The molecule has 0 N–H and O–H groups in total. The Morgan fingerprint density at radius 3 is 2.83 bits per heavy atom. The van der Waals surface area contributed by atoms with Crippen LogP contribution in [0.5, 0.6) is 0 Å². The second kappa shape index (κ2) is 9.66. The molecule has 0 spiro atoms. The molecule has 1 saturated heterocycles. The Balaban J connectivity index is 1.10. The van der Waals surface area contributed by atoms with Crippen molar-refractivity contribution in [1.82, 2.24) is 19.2 Å². The minimum absolute atomic E-state index is 0.303. The van der Waals surface area contributed by atoms with Crippen LogP contribution in [-0.2, 0) is 11.3 Å². The van der Waals surface area contributed by atoms with E-state index in [9.17, 15) is 4.79 Å². The van der Waals surface area contributed by atoms with Gasteiger partial charge >= 0.3 is 0 Å². The van der Waals surface area contributed by atoms with Gasteiger partial charge in [-0.15, -0.1) is 0 Å². The molecule has 3 aliphatic rings. The Morgan fingerprint density at radius 2 is 1.97 bits per heavy atom. The molecule has 3 aromatic rings. The average Bonchev–Trinajstić information content (AvgIpc) is 3.52. The van der Waals surface area contributed by atoms with Crippen LogP contribution in [0.15, 0.2) is 65.1 Å². The summed E-state index contributed by atoms with van der Waals surface area (Å²) >= 11 is 0. The number of imidazole rings is 1. The van der Waals surface area contributed by atoms with Crippen molar-refractivity contribution >= 4 is 17.3 Å². The van der Waals surface area contributed by atoms with Crippen LogP contribution in [0, 0.1) is 19.8 Å². The van der Waals surface area contributed by atoms with Gasteiger partial charge in [0, 0.05) is 56.8 Å². The SMILES string of the molecule is Cc1cccc(C)c1CN1CCC[C@@H](CC(=O)N2CCC3=C(C2)C(c2ccc4nccn4c2)=NC3)C1. The number of benzene rings is 1. The standard InChI is InChI=1S/C30H35N5O/c1-21-5-3-6-22(2)26(21)19-33-12-4-7-23(17-33)15-29(36)35-13-10-24-16-32-30(27(24)20-35)25-8-9-28-31-11-14-34(28)18-25/h3,5-6,8-9,11,14,18,23H,4,7,10,12-13,15-17,19-20H2,1-2H3/t23-/m0/s1. The highest BCUT2D eigenvalue weighted by Gasteiger charge is 2.31. The molecule has 1 aromatic carbocycles. The molecule has 1 atom stereocenters. The normalized spacial score (nSPS) is 20.7.